The molecule has 2 aromatic carbocycles. The summed E-state index contributed by atoms with van der Waals surface area (Å²) in [6, 6.07) is 16.5. The minimum Gasteiger partial charge on any atom is -0.346 e. The van der Waals surface area contributed by atoms with E-state index in [1.807, 2.05) is 31.2 Å². The fourth-order valence-corrected chi connectivity index (χ4v) is 2.65. The molecule has 136 valence electrons. The van der Waals surface area contributed by atoms with Gasteiger partial charge in [0.15, 0.2) is 0 Å². The third-order valence-electron chi connectivity index (χ3n) is 4.13. The molecule has 1 unspecified atom stereocenters. The molecule has 1 atom stereocenters. The van der Waals surface area contributed by atoms with Crippen LogP contribution in [-0.4, -0.2) is 10.9 Å². The quantitative estimate of drug-likeness (QED) is 0.516. The lowest BCUT2D eigenvalue weighted by atomic mass is 10.0. The molecule has 0 saturated carbocycles. The highest BCUT2D eigenvalue weighted by Crippen LogP contribution is 2.23. The molecule has 3 rings (SSSR count). The predicted octanol–water partition coefficient (Wildman–Crippen LogP) is 4.92. The van der Waals surface area contributed by atoms with Gasteiger partial charge < -0.3 is 5.32 Å². The summed E-state index contributed by atoms with van der Waals surface area (Å²) in [6.45, 7) is 1.86. The molecule has 0 saturated heterocycles. The minimum absolute atomic E-state index is 0.254. The molecular formula is C22H18F2N2O. The summed E-state index contributed by atoms with van der Waals surface area (Å²) >= 11 is 0. The number of carbonyl (C=O) groups excluding carboxylic acids is 1. The highest BCUT2D eigenvalue weighted by Gasteiger charge is 2.09. The topological polar surface area (TPSA) is 42.0 Å². The lowest BCUT2D eigenvalue weighted by Crippen LogP contribution is -2.24. The van der Waals surface area contributed by atoms with Crippen LogP contribution in [0.15, 0.2) is 72.9 Å². The van der Waals surface area contributed by atoms with Gasteiger partial charge in [0.25, 0.3) is 0 Å². The molecule has 1 heterocycles. The first-order valence-corrected chi connectivity index (χ1v) is 8.48. The maximum atomic E-state index is 13.6. The number of hydrogen-bond acceptors (Lipinski definition) is 2. The van der Waals surface area contributed by atoms with Crippen LogP contribution in [0.25, 0.3) is 17.2 Å². The largest absolute Gasteiger partial charge is 0.346 e. The number of hydrogen-bond donors (Lipinski definition) is 1. The van der Waals surface area contributed by atoms with Crippen molar-refractivity contribution < 1.29 is 13.6 Å². The van der Waals surface area contributed by atoms with E-state index in [2.05, 4.69) is 10.3 Å². The number of amides is 1. The maximum Gasteiger partial charge on any atom is 0.244 e. The summed E-state index contributed by atoms with van der Waals surface area (Å²) in [5, 5.41) is 2.85. The van der Waals surface area contributed by atoms with Crippen LogP contribution in [0, 0.1) is 11.8 Å². The minimum atomic E-state index is -0.530. The van der Waals surface area contributed by atoms with Crippen molar-refractivity contribution >= 4 is 12.0 Å². The van der Waals surface area contributed by atoms with Gasteiger partial charge in [0.2, 0.25) is 11.9 Å². The van der Waals surface area contributed by atoms with Gasteiger partial charge in [-0.05, 0) is 48.4 Å². The molecule has 0 fully saturated rings. The van der Waals surface area contributed by atoms with Gasteiger partial charge in [-0.25, -0.2) is 9.37 Å². The van der Waals surface area contributed by atoms with E-state index in [0.29, 0.717) is 5.56 Å². The van der Waals surface area contributed by atoms with Crippen molar-refractivity contribution in [3.63, 3.8) is 0 Å². The van der Waals surface area contributed by atoms with Crippen molar-refractivity contribution in [3.8, 4) is 11.1 Å². The zero-order chi connectivity index (χ0) is 19.2. The highest BCUT2D eigenvalue weighted by atomic mass is 19.1. The van der Waals surface area contributed by atoms with Crippen molar-refractivity contribution in [3.05, 3.63) is 95.8 Å². The number of halogens is 2. The molecule has 0 aliphatic rings. The summed E-state index contributed by atoms with van der Waals surface area (Å²) < 4.78 is 26.6. The third kappa shape index (κ3) is 4.85. The predicted molar refractivity (Wildman–Crippen MR) is 102 cm³/mol. The number of pyridine rings is 1. The second-order valence-electron chi connectivity index (χ2n) is 6.08. The zero-order valence-corrected chi connectivity index (χ0v) is 14.7. The average Bonchev–Trinajstić information content (AvgIpc) is 2.68. The maximum absolute atomic E-state index is 13.6. The van der Waals surface area contributed by atoms with Crippen LogP contribution in [0.4, 0.5) is 8.78 Å². The number of rotatable bonds is 5. The summed E-state index contributed by atoms with van der Waals surface area (Å²) in [6.07, 6.45) is 4.22. The average molecular weight is 364 g/mol. The van der Waals surface area contributed by atoms with E-state index in [0.717, 1.165) is 16.7 Å². The van der Waals surface area contributed by atoms with Crippen molar-refractivity contribution in [1.29, 1.82) is 0 Å². The van der Waals surface area contributed by atoms with E-state index in [-0.39, 0.29) is 17.8 Å². The van der Waals surface area contributed by atoms with Crippen LogP contribution >= 0.6 is 0 Å². The summed E-state index contributed by atoms with van der Waals surface area (Å²) in [4.78, 5) is 15.8. The molecule has 27 heavy (non-hydrogen) atoms. The van der Waals surface area contributed by atoms with Gasteiger partial charge in [-0.3, -0.25) is 4.79 Å². The number of nitrogens with one attached hydrogen (secondary N) is 1. The number of aromatic nitrogens is 1. The molecule has 0 radical (unpaired) electrons. The Kier molecular flexibility index (Phi) is 5.71. The van der Waals surface area contributed by atoms with Crippen molar-refractivity contribution in [2.45, 2.75) is 13.0 Å². The molecule has 0 aliphatic heterocycles. The molecular weight excluding hydrogens is 346 g/mol. The number of carbonyl (C=O) groups is 1. The SMILES string of the molecule is CC(NC(=O)C=Cc1ccccc1F)c1cccc(-c2ccc(F)nc2)c1. The van der Waals surface area contributed by atoms with Crippen LogP contribution in [0.5, 0.6) is 0 Å². The Labute approximate surface area is 156 Å². The first kappa shape index (κ1) is 18.5. The normalized spacial score (nSPS) is 12.1. The number of nitrogens with zero attached hydrogens (tertiary/aromatic N) is 1. The van der Waals surface area contributed by atoms with Crippen LogP contribution < -0.4 is 5.32 Å². The molecule has 5 heteroatoms. The van der Waals surface area contributed by atoms with Gasteiger partial charge in [-0.2, -0.15) is 4.39 Å². The lowest BCUT2D eigenvalue weighted by molar-refractivity contribution is -0.117. The van der Waals surface area contributed by atoms with Gasteiger partial charge in [-0.1, -0.05) is 36.4 Å². The van der Waals surface area contributed by atoms with Crippen LogP contribution in [0.3, 0.4) is 0 Å². The Hall–Kier alpha value is -3.34. The summed E-state index contributed by atoms with van der Waals surface area (Å²) in [5.74, 6) is -1.23. The fourth-order valence-electron chi connectivity index (χ4n) is 2.65. The first-order valence-electron chi connectivity index (χ1n) is 8.48. The smallest absolute Gasteiger partial charge is 0.244 e. The van der Waals surface area contributed by atoms with E-state index in [1.54, 1.807) is 24.3 Å². The van der Waals surface area contributed by atoms with Gasteiger partial charge in [0.1, 0.15) is 5.82 Å². The molecule has 1 aromatic heterocycles. The molecule has 0 aliphatic carbocycles. The van der Waals surface area contributed by atoms with E-state index in [9.17, 15) is 13.6 Å². The fraction of sp³-hybridized carbons (Fsp3) is 0.0909. The molecule has 1 amide bonds. The molecule has 0 spiro atoms. The third-order valence-corrected chi connectivity index (χ3v) is 4.13. The van der Waals surface area contributed by atoms with Gasteiger partial charge in [0.05, 0.1) is 6.04 Å². The molecule has 3 nitrogen and oxygen atoms in total. The van der Waals surface area contributed by atoms with Crippen LogP contribution in [0.1, 0.15) is 24.1 Å². The van der Waals surface area contributed by atoms with Crippen LogP contribution in [0.2, 0.25) is 0 Å². The van der Waals surface area contributed by atoms with E-state index >= 15 is 0 Å². The van der Waals surface area contributed by atoms with Gasteiger partial charge in [0, 0.05) is 23.4 Å². The Morgan fingerprint density at radius 3 is 2.59 bits per heavy atom. The molecule has 3 aromatic rings. The molecule has 0 bridgehead atoms. The zero-order valence-electron chi connectivity index (χ0n) is 14.7. The van der Waals surface area contributed by atoms with Crippen molar-refractivity contribution in [1.82, 2.24) is 10.3 Å². The van der Waals surface area contributed by atoms with E-state index in [4.69, 9.17) is 0 Å². The second-order valence-corrected chi connectivity index (χ2v) is 6.08. The Balaban J connectivity index is 1.70. The van der Waals surface area contributed by atoms with Crippen LogP contribution in [-0.2, 0) is 4.79 Å². The second kappa shape index (κ2) is 8.36. The van der Waals surface area contributed by atoms with E-state index in [1.165, 1.54) is 30.5 Å². The van der Waals surface area contributed by atoms with Gasteiger partial charge >= 0.3 is 0 Å². The van der Waals surface area contributed by atoms with Crippen molar-refractivity contribution in [2.24, 2.45) is 0 Å². The lowest BCUT2D eigenvalue weighted by Gasteiger charge is -2.14. The standard InChI is InChI=1S/C22H18F2N2O/c1-15(26-22(27)12-10-16-5-2-3-8-20(16)23)17-6-4-7-18(13-17)19-9-11-21(24)25-14-19/h2-15H,1H3,(H,26,27). The van der Waals surface area contributed by atoms with Gasteiger partial charge in [-0.15, -0.1) is 0 Å². The number of benzene rings is 2. The summed E-state index contributed by atoms with van der Waals surface area (Å²) in [5.41, 5.74) is 2.91. The Bertz CT molecular complexity index is 968. The van der Waals surface area contributed by atoms with E-state index < -0.39 is 5.95 Å². The molecule has 1 N–H and O–H groups in total. The van der Waals surface area contributed by atoms with Crippen molar-refractivity contribution in [2.75, 3.05) is 0 Å². The monoisotopic (exact) mass is 364 g/mol. The highest BCUT2D eigenvalue weighted by molar-refractivity contribution is 5.92. The summed E-state index contributed by atoms with van der Waals surface area (Å²) in [7, 11) is 0. The Morgan fingerprint density at radius 2 is 1.85 bits per heavy atom. The Morgan fingerprint density at radius 1 is 1.04 bits per heavy atom. The first-order chi connectivity index (χ1) is 13.0.